The van der Waals surface area contributed by atoms with Crippen LogP contribution in [0.2, 0.25) is 0 Å². The molecule has 0 aromatic carbocycles. The Kier molecular flexibility index (Phi) is 5.78. The van der Waals surface area contributed by atoms with Crippen LogP contribution in [0.15, 0.2) is 17.5 Å². The summed E-state index contributed by atoms with van der Waals surface area (Å²) in [6.45, 7) is 1.70. The number of thiophene rings is 1. The second-order valence-corrected chi connectivity index (χ2v) is 4.16. The predicted octanol–water partition coefficient (Wildman–Crippen LogP) is 1.24. The second kappa shape index (κ2) is 6.95. The molecule has 0 fully saturated rings. The van der Waals surface area contributed by atoms with E-state index >= 15 is 0 Å². The molecule has 1 atom stereocenters. The van der Waals surface area contributed by atoms with E-state index in [4.69, 9.17) is 9.84 Å². The van der Waals surface area contributed by atoms with Gasteiger partial charge in [0.2, 0.25) is 0 Å². The molecule has 80 valence electrons. The molecule has 1 aromatic heterocycles. The fraction of sp³-hybridized carbons (Fsp3) is 0.600. The first-order valence-electron chi connectivity index (χ1n) is 4.72. The van der Waals surface area contributed by atoms with Crippen molar-refractivity contribution in [3.05, 3.63) is 22.4 Å². The number of hydrogen-bond acceptors (Lipinski definition) is 4. The first-order valence-corrected chi connectivity index (χ1v) is 5.60. The summed E-state index contributed by atoms with van der Waals surface area (Å²) in [6.07, 6.45) is 0.735. The van der Waals surface area contributed by atoms with Crippen molar-refractivity contribution >= 4 is 11.3 Å². The van der Waals surface area contributed by atoms with Gasteiger partial charge in [0.15, 0.2) is 0 Å². The first-order chi connectivity index (χ1) is 6.86. The van der Waals surface area contributed by atoms with Gasteiger partial charge >= 0.3 is 0 Å². The van der Waals surface area contributed by atoms with Crippen molar-refractivity contribution in [2.24, 2.45) is 0 Å². The van der Waals surface area contributed by atoms with Crippen LogP contribution in [0.1, 0.15) is 11.3 Å². The number of ether oxygens (including phenoxy) is 1. The zero-order valence-corrected chi connectivity index (χ0v) is 9.22. The van der Waals surface area contributed by atoms with Crippen molar-refractivity contribution in [2.45, 2.75) is 19.0 Å². The van der Waals surface area contributed by atoms with Crippen molar-refractivity contribution in [2.75, 3.05) is 20.3 Å². The number of aliphatic hydroxyl groups excluding tert-OH is 1. The van der Waals surface area contributed by atoms with Crippen LogP contribution in [0.3, 0.4) is 0 Å². The summed E-state index contributed by atoms with van der Waals surface area (Å²) < 4.78 is 5.06. The van der Waals surface area contributed by atoms with Gasteiger partial charge in [0.05, 0.1) is 6.61 Å². The van der Waals surface area contributed by atoms with Crippen molar-refractivity contribution in [1.29, 1.82) is 0 Å². The van der Waals surface area contributed by atoms with Crippen LogP contribution in [0.4, 0.5) is 0 Å². The average Bonchev–Trinajstić information content (AvgIpc) is 2.67. The maximum absolute atomic E-state index is 8.83. The molecule has 0 aliphatic heterocycles. The molecule has 0 bridgehead atoms. The largest absolute Gasteiger partial charge is 0.396 e. The standard InChI is InChI=1S/C10H17NO2S/c1-13-8-9(4-5-12)11-7-10-3-2-6-14-10/h2-3,6,9,11-12H,4-5,7-8H2,1H3. The van der Waals surface area contributed by atoms with E-state index in [9.17, 15) is 0 Å². The number of rotatable bonds is 7. The summed E-state index contributed by atoms with van der Waals surface area (Å²) in [5.41, 5.74) is 0. The van der Waals surface area contributed by atoms with Crippen molar-refractivity contribution < 1.29 is 9.84 Å². The van der Waals surface area contributed by atoms with Gasteiger partial charge in [0, 0.05) is 31.2 Å². The Hall–Kier alpha value is -0.420. The Labute approximate surface area is 88.7 Å². The van der Waals surface area contributed by atoms with Crippen LogP contribution in [0.25, 0.3) is 0 Å². The Bertz CT molecular complexity index is 220. The van der Waals surface area contributed by atoms with Crippen LogP contribution in [0, 0.1) is 0 Å². The van der Waals surface area contributed by atoms with Gasteiger partial charge in [-0.1, -0.05) is 6.07 Å². The third-order valence-corrected chi connectivity index (χ3v) is 2.87. The lowest BCUT2D eigenvalue weighted by atomic mass is 10.2. The van der Waals surface area contributed by atoms with E-state index < -0.39 is 0 Å². The third-order valence-electron chi connectivity index (χ3n) is 1.99. The molecule has 0 aliphatic rings. The van der Waals surface area contributed by atoms with Gasteiger partial charge in [-0.3, -0.25) is 0 Å². The third kappa shape index (κ3) is 4.19. The zero-order valence-electron chi connectivity index (χ0n) is 8.40. The van der Waals surface area contributed by atoms with E-state index in [0.29, 0.717) is 6.61 Å². The van der Waals surface area contributed by atoms with E-state index in [1.54, 1.807) is 18.4 Å². The highest BCUT2D eigenvalue weighted by Gasteiger charge is 2.06. The van der Waals surface area contributed by atoms with Crippen LogP contribution in [-0.4, -0.2) is 31.5 Å². The molecule has 2 N–H and O–H groups in total. The van der Waals surface area contributed by atoms with Gasteiger partial charge in [0.25, 0.3) is 0 Å². The Balaban J connectivity index is 2.25. The summed E-state index contributed by atoms with van der Waals surface area (Å²) in [5.74, 6) is 0. The van der Waals surface area contributed by atoms with Gasteiger partial charge in [-0.15, -0.1) is 11.3 Å². The Morgan fingerprint density at radius 2 is 2.50 bits per heavy atom. The van der Waals surface area contributed by atoms with Crippen molar-refractivity contribution in [1.82, 2.24) is 5.32 Å². The van der Waals surface area contributed by atoms with Crippen molar-refractivity contribution in [3.63, 3.8) is 0 Å². The highest BCUT2D eigenvalue weighted by atomic mass is 32.1. The molecule has 0 radical (unpaired) electrons. The number of methoxy groups -OCH3 is 1. The Morgan fingerprint density at radius 3 is 3.07 bits per heavy atom. The molecule has 0 amide bonds. The fourth-order valence-corrected chi connectivity index (χ4v) is 1.92. The molecule has 1 unspecified atom stereocenters. The van der Waals surface area contributed by atoms with Gasteiger partial charge in [-0.2, -0.15) is 0 Å². The summed E-state index contributed by atoms with van der Waals surface area (Å²) in [5, 5.41) is 14.2. The van der Waals surface area contributed by atoms with E-state index in [0.717, 1.165) is 13.0 Å². The quantitative estimate of drug-likeness (QED) is 0.719. The molecule has 0 spiro atoms. The Morgan fingerprint density at radius 1 is 1.64 bits per heavy atom. The van der Waals surface area contributed by atoms with Gasteiger partial charge < -0.3 is 15.2 Å². The molecule has 0 saturated heterocycles. The van der Waals surface area contributed by atoms with Crippen LogP contribution >= 0.6 is 11.3 Å². The van der Waals surface area contributed by atoms with E-state index in [-0.39, 0.29) is 12.6 Å². The monoisotopic (exact) mass is 215 g/mol. The molecule has 3 nitrogen and oxygen atoms in total. The number of hydrogen-bond donors (Lipinski definition) is 2. The fourth-order valence-electron chi connectivity index (χ4n) is 1.26. The van der Waals surface area contributed by atoms with Crippen LogP contribution < -0.4 is 5.32 Å². The molecule has 4 heteroatoms. The topological polar surface area (TPSA) is 41.5 Å². The minimum absolute atomic E-state index is 0.200. The maximum Gasteiger partial charge on any atom is 0.0616 e. The van der Waals surface area contributed by atoms with E-state index in [2.05, 4.69) is 16.8 Å². The number of aliphatic hydroxyl groups is 1. The first kappa shape index (κ1) is 11.7. The minimum atomic E-state index is 0.200. The van der Waals surface area contributed by atoms with E-state index in [1.165, 1.54) is 4.88 Å². The summed E-state index contributed by atoms with van der Waals surface area (Å²) >= 11 is 1.74. The molecule has 14 heavy (non-hydrogen) atoms. The van der Waals surface area contributed by atoms with E-state index in [1.807, 2.05) is 6.07 Å². The molecule has 1 heterocycles. The van der Waals surface area contributed by atoms with Gasteiger partial charge in [-0.05, 0) is 17.9 Å². The average molecular weight is 215 g/mol. The summed E-state index contributed by atoms with van der Waals surface area (Å²) in [7, 11) is 1.68. The highest BCUT2D eigenvalue weighted by Crippen LogP contribution is 2.08. The molecular formula is C10H17NO2S. The summed E-state index contributed by atoms with van der Waals surface area (Å²) in [6, 6.07) is 4.38. The van der Waals surface area contributed by atoms with Crippen LogP contribution in [-0.2, 0) is 11.3 Å². The normalized spacial score (nSPS) is 13.0. The second-order valence-electron chi connectivity index (χ2n) is 3.12. The predicted molar refractivity (Wildman–Crippen MR) is 58.5 cm³/mol. The lowest BCUT2D eigenvalue weighted by Gasteiger charge is -2.15. The minimum Gasteiger partial charge on any atom is -0.396 e. The molecular weight excluding hydrogens is 198 g/mol. The van der Waals surface area contributed by atoms with Gasteiger partial charge in [-0.25, -0.2) is 0 Å². The SMILES string of the molecule is COCC(CCO)NCc1cccs1. The maximum atomic E-state index is 8.83. The highest BCUT2D eigenvalue weighted by molar-refractivity contribution is 7.09. The van der Waals surface area contributed by atoms with Crippen molar-refractivity contribution in [3.8, 4) is 0 Å². The summed E-state index contributed by atoms with van der Waals surface area (Å²) in [4.78, 5) is 1.31. The van der Waals surface area contributed by atoms with Crippen LogP contribution in [0.5, 0.6) is 0 Å². The molecule has 1 rings (SSSR count). The smallest absolute Gasteiger partial charge is 0.0616 e. The van der Waals surface area contributed by atoms with Gasteiger partial charge in [0.1, 0.15) is 0 Å². The lowest BCUT2D eigenvalue weighted by molar-refractivity contribution is 0.148. The zero-order chi connectivity index (χ0) is 10.2. The lowest BCUT2D eigenvalue weighted by Crippen LogP contribution is -2.33. The molecule has 1 aromatic rings. The molecule has 0 saturated carbocycles. The molecule has 0 aliphatic carbocycles. The number of nitrogens with one attached hydrogen (secondary N) is 1.